The fourth-order valence-electron chi connectivity index (χ4n) is 3.05. The van der Waals surface area contributed by atoms with Gasteiger partial charge in [-0.25, -0.2) is 0 Å². The van der Waals surface area contributed by atoms with E-state index in [2.05, 4.69) is 5.32 Å². The maximum atomic E-state index is 12.4. The van der Waals surface area contributed by atoms with Gasteiger partial charge in [-0.1, -0.05) is 0 Å². The molecule has 2 aliphatic heterocycles. The molecule has 4 rings (SSSR count). The number of ether oxygens (including phenoxy) is 2. The van der Waals surface area contributed by atoms with Gasteiger partial charge in [-0.15, -0.1) is 0 Å². The zero-order valence-electron chi connectivity index (χ0n) is 13.7. The highest BCUT2D eigenvalue weighted by Crippen LogP contribution is 2.34. The maximum absolute atomic E-state index is 12.4. The summed E-state index contributed by atoms with van der Waals surface area (Å²) in [6, 6.07) is 12.4. The van der Waals surface area contributed by atoms with Crippen LogP contribution >= 0.6 is 0 Å². The molecular formula is C19H18N2O4. The Morgan fingerprint density at radius 3 is 2.60 bits per heavy atom. The second kappa shape index (κ2) is 6.47. The van der Waals surface area contributed by atoms with Crippen molar-refractivity contribution in [1.82, 2.24) is 0 Å². The van der Waals surface area contributed by atoms with E-state index >= 15 is 0 Å². The van der Waals surface area contributed by atoms with E-state index in [1.807, 2.05) is 12.1 Å². The van der Waals surface area contributed by atoms with E-state index in [0.717, 1.165) is 25.1 Å². The number of rotatable bonds is 3. The van der Waals surface area contributed by atoms with Gasteiger partial charge in [0.1, 0.15) is 0 Å². The number of nitrogens with zero attached hydrogens (tertiary/aromatic N) is 1. The van der Waals surface area contributed by atoms with Gasteiger partial charge >= 0.3 is 0 Å². The third kappa shape index (κ3) is 3.15. The summed E-state index contributed by atoms with van der Waals surface area (Å²) in [6.07, 6.45) is 2.55. The van der Waals surface area contributed by atoms with Crippen molar-refractivity contribution in [2.75, 3.05) is 23.6 Å². The van der Waals surface area contributed by atoms with Crippen molar-refractivity contribution < 1.29 is 19.1 Å². The van der Waals surface area contributed by atoms with Gasteiger partial charge in [0.25, 0.3) is 5.91 Å². The lowest BCUT2D eigenvalue weighted by atomic mass is 10.1. The highest BCUT2D eigenvalue weighted by molar-refractivity contribution is 6.05. The molecule has 0 aliphatic carbocycles. The highest BCUT2D eigenvalue weighted by atomic mass is 16.7. The van der Waals surface area contributed by atoms with E-state index in [0.29, 0.717) is 29.2 Å². The van der Waals surface area contributed by atoms with Gasteiger partial charge in [-0.05, 0) is 49.2 Å². The predicted octanol–water partition coefficient (Wildman–Crippen LogP) is 3.18. The molecule has 0 unspecified atom stereocenters. The predicted molar refractivity (Wildman–Crippen MR) is 93.2 cm³/mol. The molecule has 0 radical (unpaired) electrons. The number of benzene rings is 2. The summed E-state index contributed by atoms with van der Waals surface area (Å²) >= 11 is 0. The first-order chi connectivity index (χ1) is 12.2. The third-order valence-corrected chi connectivity index (χ3v) is 4.40. The summed E-state index contributed by atoms with van der Waals surface area (Å²) in [5.41, 5.74) is 2.01. The van der Waals surface area contributed by atoms with Gasteiger partial charge in [0, 0.05) is 36.0 Å². The van der Waals surface area contributed by atoms with Crippen LogP contribution in [0.5, 0.6) is 11.5 Å². The normalized spacial score (nSPS) is 16.0. The van der Waals surface area contributed by atoms with Crippen molar-refractivity contribution in [3.8, 4) is 11.5 Å². The minimum Gasteiger partial charge on any atom is -0.454 e. The molecule has 1 saturated heterocycles. The number of carbonyl (C=O) groups excluding carboxylic acids is 2. The fourth-order valence-corrected chi connectivity index (χ4v) is 3.05. The monoisotopic (exact) mass is 338 g/mol. The van der Waals surface area contributed by atoms with Crippen LogP contribution in [0.15, 0.2) is 42.5 Å². The van der Waals surface area contributed by atoms with Gasteiger partial charge in [0.15, 0.2) is 11.5 Å². The Balaban J connectivity index is 1.46. The molecule has 0 spiro atoms. The first-order valence-corrected chi connectivity index (χ1v) is 8.32. The number of carbonyl (C=O) groups is 2. The molecule has 0 saturated carbocycles. The molecule has 1 fully saturated rings. The zero-order valence-corrected chi connectivity index (χ0v) is 13.7. The number of fused-ring (bicyclic) bond motifs is 1. The topological polar surface area (TPSA) is 67.9 Å². The number of hydrogen-bond acceptors (Lipinski definition) is 4. The number of nitrogens with one attached hydrogen (secondary N) is 1. The third-order valence-electron chi connectivity index (χ3n) is 4.40. The summed E-state index contributed by atoms with van der Waals surface area (Å²) in [5.74, 6) is 1.23. The number of amides is 2. The van der Waals surface area contributed by atoms with E-state index in [1.54, 1.807) is 35.2 Å². The molecule has 128 valence electrons. The van der Waals surface area contributed by atoms with Gasteiger partial charge < -0.3 is 19.7 Å². The van der Waals surface area contributed by atoms with Gasteiger partial charge in [-0.3, -0.25) is 9.59 Å². The van der Waals surface area contributed by atoms with E-state index in [9.17, 15) is 9.59 Å². The summed E-state index contributed by atoms with van der Waals surface area (Å²) in [7, 11) is 0. The Labute approximate surface area is 145 Å². The molecular weight excluding hydrogens is 320 g/mol. The van der Waals surface area contributed by atoms with Crippen LogP contribution in [0.3, 0.4) is 0 Å². The Hall–Kier alpha value is -3.02. The van der Waals surface area contributed by atoms with Crippen LogP contribution < -0.4 is 19.7 Å². The number of hydrogen-bond donors (Lipinski definition) is 1. The molecule has 2 aromatic carbocycles. The smallest absolute Gasteiger partial charge is 0.255 e. The molecule has 25 heavy (non-hydrogen) atoms. The number of piperidine rings is 1. The lowest BCUT2D eigenvalue weighted by molar-refractivity contribution is -0.119. The molecule has 6 nitrogen and oxygen atoms in total. The van der Waals surface area contributed by atoms with Crippen molar-refractivity contribution >= 4 is 23.2 Å². The fraction of sp³-hybridized carbons (Fsp3) is 0.263. The molecule has 2 aliphatic rings. The Kier molecular flexibility index (Phi) is 4.01. The van der Waals surface area contributed by atoms with Crippen LogP contribution in [0.2, 0.25) is 0 Å². The van der Waals surface area contributed by atoms with Gasteiger partial charge in [-0.2, -0.15) is 0 Å². The molecule has 0 aromatic heterocycles. The van der Waals surface area contributed by atoms with Crippen LogP contribution in [0.1, 0.15) is 29.6 Å². The minimum absolute atomic E-state index is 0.142. The van der Waals surface area contributed by atoms with Crippen molar-refractivity contribution in [2.24, 2.45) is 0 Å². The van der Waals surface area contributed by atoms with E-state index in [4.69, 9.17) is 9.47 Å². The molecule has 0 bridgehead atoms. The van der Waals surface area contributed by atoms with E-state index in [1.165, 1.54) is 0 Å². The molecule has 6 heteroatoms. The van der Waals surface area contributed by atoms with Crippen molar-refractivity contribution in [1.29, 1.82) is 0 Å². The first-order valence-electron chi connectivity index (χ1n) is 8.32. The Bertz CT molecular complexity index is 817. The molecule has 2 aromatic rings. The van der Waals surface area contributed by atoms with Gasteiger partial charge in [0.2, 0.25) is 12.7 Å². The molecule has 2 amide bonds. The van der Waals surface area contributed by atoms with E-state index in [-0.39, 0.29) is 18.6 Å². The number of anilines is 2. The second-order valence-corrected chi connectivity index (χ2v) is 6.07. The minimum atomic E-state index is -0.213. The first kappa shape index (κ1) is 15.5. The van der Waals surface area contributed by atoms with Crippen molar-refractivity contribution in [2.45, 2.75) is 19.3 Å². The lowest BCUT2D eigenvalue weighted by Crippen LogP contribution is -2.35. The molecule has 0 atom stereocenters. The van der Waals surface area contributed by atoms with Crippen molar-refractivity contribution in [3.63, 3.8) is 0 Å². The molecule has 2 heterocycles. The summed E-state index contributed by atoms with van der Waals surface area (Å²) < 4.78 is 10.6. The summed E-state index contributed by atoms with van der Waals surface area (Å²) in [4.78, 5) is 26.2. The summed E-state index contributed by atoms with van der Waals surface area (Å²) in [5, 5.41) is 2.84. The Morgan fingerprint density at radius 1 is 1.00 bits per heavy atom. The van der Waals surface area contributed by atoms with Crippen LogP contribution in [-0.2, 0) is 4.79 Å². The zero-order chi connectivity index (χ0) is 17.2. The SMILES string of the molecule is O=C(Nc1ccc2c(c1)OCO2)c1ccc(N2CCCCC2=O)cc1. The quantitative estimate of drug-likeness (QED) is 0.933. The van der Waals surface area contributed by atoms with Crippen LogP contribution in [0.4, 0.5) is 11.4 Å². The molecule has 1 N–H and O–H groups in total. The Morgan fingerprint density at radius 2 is 1.80 bits per heavy atom. The highest BCUT2D eigenvalue weighted by Gasteiger charge is 2.20. The standard InChI is InChI=1S/C19H18N2O4/c22-18-3-1-2-10-21(18)15-7-4-13(5-8-15)19(23)20-14-6-9-16-17(11-14)25-12-24-16/h4-9,11H,1-3,10,12H2,(H,20,23). The average Bonchev–Trinajstić information content (AvgIpc) is 3.10. The largest absolute Gasteiger partial charge is 0.454 e. The van der Waals surface area contributed by atoms with Crippen LogP contribution in [0, 0.1) is 0 Å². The average molecular weight is 338 g/mol. The van der Waals surface area contributed by atoms with Crippen molar-refractivity contribution in [3.05, 3.63) is 48.0 Å². The van der Waals surface area contributed by atoms with Gasteiger partial charge in [0.05, 0.1) is 0 Å². The summed E-state index contributed by atoms with van der Waals surface area (Å²) in [6.45, 7) is 0.936. The van der Waals surface area contributed by atoms with E-state index < -0.39 is 0 Å². The van der Waals surface area contributed by atoms with Crippen LogP contribution in [-0.4, -0.2) is 25.2 Å². The second-order valence-electron chi connectivity index (χ2n) is 6.07. The maximum Gasteiger partial charge on any atom is 0.255 e. The lowest BCUT2D eigenvalue weighted by Gasteiger charge is -2.26. The van der Waals surface area contributed by atoms with Crippen LogP contribution in [0.25, 0.3) is 0 Å².